The molecule has 1 rings (SSSR count). The smallest absolute Gasteiger partial charge is 0.253 e. The van der Waals surface area contributed by atoms with Gasteiger partial charge in [-0.3, -0.25) is 0 Å². The first-order valence-corrected chi connectivity index (χ1v) is 3.71. The third-order valence-electron chi connectivity index (χ3n) is 1.38. The van der Waals surface area contributed by atoms with Crippen LogP contribution in [0.1, 0.15) is 32.0 Å². The molecule has 0 spiro atoms. The second-order valence-corrected chi connectivity index (χ2v) is 2.44. The van der Waals surface area contributed by atoms with Gasteiger partial charge in [-0.25, -0.2) is 0 Å². The Hall–Kier alpha value is -1.12. The number of aryl methyl sites for hydroxylation is 1. The molecule has 0 atom stereocenters. The molecule has 1 aromatic rings. The predicted molar refractivity (Wildman–Crippen MR) is 43.0 cm³/mol. The van der Waals surface area contributed by atoms with Crippen molar-refractivity contribution < 1.29 is 4.52 Å². The Morgan fingerprint density at radius 3 is 2.82 bits per heavy atom. The van der Waals surface area contributed by atoms with Gasteiger partial charge in [0.15, 0.2) is 5.82 Å². The van der Waals surface area contributed by atoms with E-state index in [-0.39, 0.29) is 0 Å². The van der Waals surface area contributed by atoms with Crippen LogP contribution in [-0.4, -0.2) is 10.1 Å². The highest BCUT2D eigenvalue weighted by Gasteiger charge is 2.02. The maximum absolute atomic E-state index is 4.95. The summed E-state index contributed by atoms with van der Waals surface area (Å²) < 4.78 is 4.95. The van der Waals surface area contributed by atoms with Crippen molar-refractivity contribution in [3.63, 3.8) is 0 Å². The molecule has 0 unspecified atom stereocenters. The van der Waals surface area contributed by atoms with Crippen LogP contribution in [0.3, 0.4) is 0 Å². The molecule has 0 saturated carbocycles. The lowest BCUT2D eigenvalue weighted by atomic mass is 10.2. The fraction of sp³-hybridized carbons (Fsp3) is 0.500. The van der Waals surface area contributed by atoms with E-state index in [4.69, 9.17) is 4.52 Å². The molecule has 0 N–H and O–H groups in total. The molecular formula is C8H12N2O. The number of allylic oxidation sites excluding steroid dienone is 2. The molecule has 3 nitrogen and oxygen atoms in total. The zero-order chi connectivity index (χ0) is 8.27. The van der Waals surface area contributed by atoms with Crippen LogP contribution in [0.25, 0.3) is 5.57 Å². The van der Waals surface area contributed by atoms with Crippen molar-refractivity contribution in [1.82, 2.24) is 10.1 Å². The normalized spacial score (nSPS) is 12.1. The van der Waals surface area contributed by atoms with Crippen LogP contribution in [-0.2, 0) is 0 Å². The van der Waals surface area contributed by atoms with Crippen molar-refractivity contribution in [3.05, 3.63) is 17.8 Å². The van der Waals surface area contributed by atoms with Gasteiger partial charge in [-0.15, -0.1) is 0 Å². The fourth-order valence-corrected chi connectivity index (χ4v) is 0.851. The Kier molecular flexibility index (Phi) is 2.41. The topological polar surface area (TPSA) is 38.9 Å². The number of hydrogen-bond acceptors (Lipinski definition) is 3. The van der Waals surface area contributed by atoms with Gasteiger partial charge in [0.1, 0.15) is 0 Å². The highest BCUT2D eigenvalue weighted by molar-refractivity contribution is 5.55. The number of hydrogen-bond donors (Lipinski definition) is 0. The van der Waals surface area contributed by atoms with Crippen LogP contribution in [0, 0.1) is 6.92 Å². The third-order valence-corrected chi connectivity index (χ3v) is 1.38. The Morgan fingerprint density at radius 1 is 1.64 bits per heavy atom. The van der Waals surface area contributed by atoms with E-state index in [1.54, 1.807) is 0 Å². The summed E-state index contributed by atoms with van der Waals surface area (Å²) in [5.41, 5.74) is 1.05. The zero-order valence-electron chi connectivity index (χ0n) is 7.09. The van der Waals surface area contributed by atoms with Gasteiger partial charge in [0.25, 0.3) is 5.89 Å². The highest BCUT2D eigenvalue weighted by Crippen LogP contribution is 2.10. The van der Waals surface area contributed by atoms with Crippen molar-refractivity contribution in [2.75, 3.05) is 0 Å². The molecule has 0 aromatic carbocycles. The summed E-state index contributed by atoms with van der Waals surface area (Å²) in [6, 6.07) is 0. The van der Waals surface area contributed by atoms with Crippen LogP contribution >= 0.6 is 0 Å². The van der Waals surface area contributed by atoms with Crippen molar-refractivity contribution in [2.24, 2.45) is 0 Å². The fourth-order valence-electron chi connectivity index (χ4n) is 0.851. The standard InChI is InChI=1S/C8H12N2O/c1-4-5-6(2)8-9-7(3)10-11-8/h5H,4H2,1-3H3/b6-5-. The van der Waals surface area contributed by atoms with Crippen molar-refractivity contribution in [2.45, 2.75) is 27.2 Å². The number of aromatic nitrogens is 2. The van der Waals surface area contributed by atoms with Crippen molar-refractivity contribution >= 4 is 5.57 Å². The summed E-state index contributed by atoms with van der Waals surface area (Å²) in [5, 5.41) is 3.69. The molecule has 0 radical (unpaired) electrons. The SMILES string of the molecule is CC/C=C(/C)c1nc(C)no1. The monoisotopic (exact) mass is 152 g/mol. The number of nitrogens with zero attached hydrogens (tertiary/aromatic N) is 2. The molecule has 11 heavy (non-hydrogen) atoms. The van der Waals surface area contributed by atoms with Gasteiger partial charge in [-0.05, 0) is 20.3 Å². The van der Waals surface area contributed by atoms with Crippen LogP contribution in [0.2, 0.25) is 0 Å². The van der Waals surface area contributed by atoms with Gasteiger partial charge >= 0.3 is 0 Å². The molecule has 0 amide bonds. The van der Waals surface area contributed by atoms with E-state index in [0.717, 1.165) is 12.0 Å². The maximum Gasteiger partial charge on any atom is 0.253 e. The van der Waals surface area contributed by atoms with Gasteiger partial charge in [0, 0.05) is 5.57 Å². The average Bonchev–Trinajstić information content (AvgIpc) is 2.36. The van der Waals surface area contributed by atoms with Crippen molar-refractivity contribution in [3.8, 4) is 0 Å². The predicted octanol–water partition coefficient (Wildman–Crippen LogP) is 2.19. The minimum atomic E-state index is 0.629. The maximum atomic E-state index is 4.95. The van der Waals surface area contributed by atoms with E-state index in [9.17, 15) is 0 Å². The lowest BCUT2D eigenvalue weighted by Crippen LogP contribution is -1.78. The Morgan fingerprint density at radius 2 is 2.36 bits per heavy atom. The minimum absolute atomic E-state index is 0.629. The lowest BCUT2D eigenvalue weighted by Gasteiger charge is -1.88. The summed E-state index contributed by atoms with van der Waals surface area (Å²) in [4.78, 5) is 4.08. The van der Waals surface area contributed by atoms with Gasteiger partial charge in [-0.1, -0.05) is 18.2 Å². The molecule has 0 aliphatic carbocycles. The van der Waals surface area contributed by atoms with E-state index >= 15 is 0 Å². The second kappa shape index (κ2) is 3.32. The van der Waals surface area contributed by atoms with Crippen LogP contribution in [0.15, 0.2) is 10.6 Å². The summed E-state index contributed by atoms with van der Waals surface area (Å²) in [7, 11) is 0. The molecule has 0 bridgehead atoms. The molecular weight excluding hydrogens is 140 g/mol. The van der Waals surface area contributed by atoms with Crippen LogP contribution in [0.4, 0.5) is 0 Å². The van der Waals surface area contributed by atoms with Crippen LogP contribution < -0.4 is 0 Å². The zero-order valence-corrected chi connectivity index (χ0v) is 7.09. The van der Waals surface area contributed by atoms with Crippen LogP contribution in [0.5, 0.6) is 0 Å². The Bertz CT molecular complexity index is 263. The first-order valence-electron chi connectivity index (χ1n) is 3.71. The molecule has 0 saturated heterocycles. The first-order chi connectivity index (χ1) is 5.24. The summed E-state index contributed by atoms with van der Waals surface area (Å²) in [5.74, 6) is 1.31. The van der Waals surface area contributed by atoms with E-state index in [1.165, 1.54) is 0 Å². The van der Waals surface area contributed by atoms with E-state index in [0.29, 0.717) is 11.7 Å². The van der Waals surface area contributed by atoms with Gasteiger partial charge in [0.2, 0.25) is 0 Å². The average molecular weight is 152 g/mol. The Labute approximate surface area is 66.1 Å². The second-order valence-electron chi connectivity index (χ2n) is 2.44. The molecule has 0 fully saturated rings. The third kappa shape index (κ3) is 1.90. The van der Waals surface area contributed by atoms with E-state index in [2.05, 4.69) is 23.1 Å². The van der Waals surface area contributed by atoms with Gasteiger partial charge in [0.05, 0.1) is 0 Å². The summed E-state index contributed by atoms with van der Waals surface area (Å²) >= 11 is 0. The van der Waals surface area contributed by atoms with Gasteiger partial charge < -0.3 is 4.52 Å². The largest absolute Gasteiger partial charge is 0.334 e. The molecule has 1 aromatic heterocycles. The highest BCUT2D eigenvalue weighted by atomic mass is 16.5. The first kappa shape index (κ1) is 7.98. The molecule has 60 valence electrons. The molecule has 3 heteroatoms. The summed E-state index contributed by atoms with van der Waals surface area (Å²) in [6.07, 6.45) is 3.06. The minimum Gasteiger partial charge on any atom is -0.334 e. The van der Waals surface area contributed by atoms with Gasteiger partial charge in [-0.2, -0.15) is 4.98 Å². The van der Waals surface area contributed by atoms with E-state index < -0.39 is 0 Å². The molecule has 0 aliphatic rings. The van der Waals surface area contributed by atoms with E-state index in [1.807, 2.05) is 13.8 Å². The molecule has 0 aliphatic heterocycles. The summed E-state index contributed by atoms with van der Waals surface area (Å²) in [6.45, 7) is 5.86. The number of rotatable bonds is 2. The quantitative estimate of drug-likeness (QED) is 0.652. The lowest BCUT2D eigenvalue weighted by molar-refractivity contribution is 0.402. The Balaban J connectivity index is 2.84. The van der Waals surface area contributed by atoms with Crippen molar-refractivity contribution in [1.29, 1.82) is 0 Å². The molecule has 1 heterocycles.